The molecule has 2 aromatic rings. The van der Waals surface area contributed by atoms with Gasteiger partial charge in [0, 0.05) is 6.54 Å². The molecule has 1 fully saturated rings. The molecule has 33 heavy (non-hydrogen) atoms. The first-order valence-electron chi connectivity index (χ1n) is 11.7. The molecule has 1 amide bonds. The van der Waals surface area contributed by atoms with Crippen LogP contribution >= 0.6 is 0 Å². The molecule has 0 unspecified atom stereocenters. The molecule has 6 heteroatoms. The highest BCUT2D eigenvalue weighted by Gasteiger charge is 2.55. The molecule has 0 saturated carbocycles. The molecule has 0 N–H and O–H groups in total. The van der Waals surface area contributed by atoms with Crippen LogP contribution in [0.5, 0.6) is 0 Å². The lowest BCUT2D eigenvalue weighted by molar-refractivity contribution is -0.126. The quantitative estimate of drug-likeness (QED) is 0.479. The Morgan fingerprint density at radius 2 is 1.45 bits per heavy atom. The topological polar surface area (TPSA) is 55.8 Å². The van der Waals surface area contributed by atoms with Gasteiger partial charge in [-0.15, -0.1) is 0 Å². The standard InChI is InChI=1S/C27H37NO4Si/c1-25(2,3)31-24(30)28-19-13-18-27(20-28,21-29)32-33(26(4,5)6,22-14-9-7-10-15-22)23-16-11-8-12-17-23/h7-12,14-17,21H,13,18-20H2,1-6H3/t27-/m1/s1. The Bertz CT molecular complexity index is 910. The number of aldehydes is 1. The van der Waals surface area contributed by atoms with E-state index < -0.39 is 25.6 Å². The largest absolute Gasteiger partial charge is 0.444 e. The van der Waals surface area contributed by atoms with E-state index in [0.29, 0.717) is 19.4 Å². The number of benzene rings is 2. The number of carbonyl (C=O) groups excluding carboxylic acids is 2. The van der Waals surface area contributed by atoms with Gasteiger partial charge in [-0.1, -0.05) is 81.4 Å². The first-order valence-corrected chi connectivity index (χ1v) is 13.6. The van der Waals surface area contributed by atoms with Gasteiger partial charge in [0.25, 0.3) is 8.32 Å². The fourth-order valence-corrected chi connectivity index (χ4v) is 9.45. The van der Waals surface area contributed by atoms with Crippen LogP contribution in [0.15, 0.2) is 60.7 Å². The van der Waals surface area contributed by atoms with Crippen molar-refractivity contribution >= 4 is 31.1 Å². The molecular formula is C27H37NO4Si. The molecule has 178 valence electrons. The summed E-state index contributed by atoms with van der Waals surface area (Å²) in [7, 11) is -2.95. The van der Waals surface area contributed by atoms with Crippen LogP contribution in [0.3, 0.4) is 0 Å². The molecule has 0 radical (unpaired) electrons. The van der Waals surface area contributed by atoms with Crippen molar-refractivity contribution in [2.24, 2.45) is 0 Å². The van der Waals surface area contributed by atoms with Gasteiger partial charge in [-0.25, -0.2) is 4.79 Å². The molecule has 5 nitrogen and oxygen atoms in total. The lowest BCUT2D eigenvalue weighted by Crippen LogP contribution is -2.71. The summed E-state index contributed by atoms with van der Waals surface area (Å²) < 4.78 is 12.8. The van der Waals surface area contributed by atoms with Crippen LogP contribution < -0.4 is 10.4 Å². The van der Waals surface area contributed by atoms with Crippen LogP contribution in [0, 0.1) is 0 Å². The fourth-order valence-electron chi connectivity index (χ4n) is 4.69. The van der Waals surface area contributed by atoms with Crippen molar-refractivity contribution in [2.45, 2.75) is 70.6 Å². The van der Waals surface area contributed by atoms with Gasteiger partial charge in [0.1, 0.15) is 11.2 Å². The summed E-state index contributed by atoms with van der Waals surface area (Å²) in [5.74, 6) is 0. The van der Waals surface area contributed by atoms with E-state index in [0.717, 1.165) is 16.7 Å². The predicted octanol–water partition coefficient (Wildman–Crippen LogP) is 4.53. The lowest BCUT2D eigenvalue weighted by Gasteiger charge is -2.50. The number of amides is 1. The second-order valence-electron chi connectivity index (χ2n) is 11.0. The summed E-state index contributed by atoms with van der Waals surface area (Å²) in [6.07, 6.45) is 1.76. The van der Waals surface area contributed by atoms with E-state index in [-0.39, 0.29) is 11.6 Å². The maximum absolute atomic E-state index is 12.9. The summed E-state index contributed by atoms with van der Waals surface area (Å²) in [4.78, 5) is 27.2. The number of piperidine rings is 1. The minimum atomic E-state index is -2.95. The molecule has 0 aliphatic carbocycles. The van der Waals surface area contributed by atoms with Gasteiger partial charge in [-0.05, 0) is 49.0 Å². The van der Waals surface area contributed by atoms with E-state index >= 15 is 0 Å². The molecule has 1 aliphatic heterocycles. The van der Waals surface area contributed by atoms with Crippen LogP contribution in [-0.2, 0) is 14.0 Å². The summed E-state index contributed by atoms with van der Waals surface area (Å²) in [6.45, 7) is 12.8. The highest BCUT2D eigenvalue weighted by atomic mass is 28.4. The highest BCUT2D eigenvalue weighted by molar-refractivity contribution is 6.99. The summed E-state index contributed by atoms with van der Waals surface area (Å²) in [6, 6.07) is 20.5. The monoisotopic (exact) mass is 467 g/mol. The van der Waals surface area contributed by atoms with Crippen molar-refractivity contribution in [2.75, 3.05) is 13.1 Å². The molecular weight excluding hydrogens is 430 g/mol. The molecule has 1 heterocycles. The van der Waals surface area contributed by atoms with Crippen molar-refractivity contribution in [1.29, 1.82) is 0 Å². The predicted molar refractivity (Wildman–Crippen MR) is 135 cm³/mol. The summed E-state index contributed by atoms with van der Waals surface area (Å²) in [5.41, 5.74) is -1.70. The Morgan fingerprint density at radius 3 is 1.88 bits per heavy atom. The fraction of sp³-hybridized carbons (Fsp3) is 0.481. The molecule has 0 spiro atoms. The van der Waals surface area contributed by atoms with E-state index in [9.17, 15) is 9.59 Å². The number of hydrogen-bond acceptors (Lipinski definition) is 4. The normalized spacial score (nSPS) is 19.8. The SMILES string of the molecule is CC(C)(C)OC(=O)N1CCC[C@@](C=O)(O[Si](c2ccccc2)(c2ccccc2)C(C)(C)C)C1. The van der Waals surface area contributed by atoms with Crippen LogP contribution in [0.2, 0.25) is 5.04 Å². The van der Waals surface area contributed by atoms with Crippen molar-refractivity contribution < 1.29 is 18.8 Å². The van der Waals surface area contributed by atoms with Gasteiger partial charge in [0.2, 0.25) is 0 Å². The number of rotatable bonds is 5. The third kappa shape index (κ3) is 5.39. The third-order valence-corrected chi connectivity index (χ3v) is 11.2. The number of ether oxygens (including phenoxy) is 1. The maximum Gasteiger partial charge on any atom is 0.410 e. The highest BCUT2D eigenvalue weighted by Crippen LogP contribution is 2.41. The van der Waals surface area contributed by atoms with Gasteiger partial charge in [-0.2, -0.15) is 0 Å². The molecule has 1 aliphatic rings. The Morgan fingerprint density at radius 1 is 0.939 bits per heavy atom. The third-order valence-electron chi connectivity index (χ3n) is 6.13. The minimum absolute atomic E-state index is 0.190. The number of hydrogen-bond donors (Lipinski definition) is 0. The van der Waals surface area contributed by atoms with E-state index in [1.807, 2.05) is 57.2 Å². The molecule has 2 aromatic carbocycles. The lowest BCUT2D eigenvalue weighted by atomic mass is 9.95. The smallest absolute Gasteiger partial charge is 0.410 e. The van der Waals surface area contributed by atoms with Crippen molar-refractivity contribution in [3.63, 3.8) is 0 Å². The Kier molecular flexibility index (Phi) is 7.20. The van der Waals surface area contributed by atoms with Crippen molar-refractivity contribution in [3.8, 4) is 0 Å². The first kappa shape index (κ1) is 25.2. The average Bonchev–Trinajstić information content (AvgIpc) is 2.77. The Hall–Kier alpha value is -2.44. The van der Waals surface area contributed by atoms with Gasteiger partial charge < -0.3 is 18.9 Å². The molecule has 0 aromatic heterocycles. The zero-order valence-electron chi connectivity index (χ0n) is 20.8. The number of nitrogens with zero attached hydrogens (tertiary/aromatic N) is 1. The average molecular weight is 468 g/mol. The van der Waals surface area contributed by atoms with Crippen LogP contribution in [-0.4, -0.2) is 49.9 Å². The zero-order chi connectivity index (χ0) is 24.3. The van der Waals surface area contributed by atoms with Crippen LogP contribution in [0.25, 0.3) is 0 Å². The molecule has 1 saturated heterocycles. The second-order valence-corrected chi connectivity index (χ2v) is 15.2. The zero-order valence-corrected chi connectivity index (χ0v) is 21.8. The second kappa shape index (κ2) is 9.43. The van der Waals surface area contributed by atoms with Gasteiger partial charge >= 0.3 is 6.09 Å². The minimum Gasteiger partial charge on any atom is -0.444 e. The van der Waals surface area contributed by atoms with E-state index in [1.54, 1.807) is 4.90 Å². The molecule has 0 bridgehead atoms. The summed E-state index contributed by atoms with van der Waals surface area (Å²) >= 11 is 0. The van der Waals surface area contributed by atoms with Crippen molar-refractivity contribution in [3.05, 3.63) is 60.7 Å². The summed E-state index contributed by atoms with van der Waals surface area (Å²) in [5, 5.41) is 1.96. The number of likely N-dealkylation sites (tertiary alicyclic amines) is 1. The molecule has 1 atom stereocenters. The van der Waals surface area contributed by atoms with E-state index in [4.69, 9.17) is 9.16 Å². The van der Waals surface area contributed by atoms with E-state index in [2.05, 4.69) is 45.0 Å². The van der Waals surface area contributed by atoms with Gasteiger partial charge in [0.15, 0.2) is 6.29 Å². The van der Waals surface area contributed by atoms with Gasteiger partial charge in [0.05, 0.1) is 6.54 Å². The van der Waals surface area contributed by atoms with Crippen LogP contribution in [0.4, 0.5) is 4.79 Å². The van der Waals surface area contributed by atoms with Gasteiger partial charge in [-0.3, -0.25) is 0 Å². The first-order chi connectivity index (χ1) is 15.4. The van der Waals surface area contributed by atoms with Crippen molar-refractivity contribution in [1.82, 2.24) is 4.90 Å². The van der Waals surface area contributed by atoms with E-state index in [1.165, 1.54) is 0 Å². The Labute approximate surface area is 199 Å². The Balaban J connectivity index is 2.10. The maximum atomic E-state index is 12.9. The molecule has 3 rings (SSSR count). The number of carbonyl (C=O) groups is 2. The van der Waals surface area contributed by atoms with Crippen LogP contribution in [0.1, 0.15) is 54.4 Å².